The molecule has 2 aliphatic rings. The molecule has 2 fully saturated rings. The van der Waals surface area contributed by atoms with Crippen LogP contribution < -0.4 is 10.7 Å². The zero-order valence-electron chi connectivity index (χ0n) is 17.1. The van der Waals surface area contributed by atoms with Crippen molar-refractivity contribution in [3.63, 3.8) is 0 Å². The minimum atomic E-state index is -0.327. The predicted octanol–water partition coefficient (Wildman–Crippen LogP) is 3.20. The summed E-state index contributed by atoms with van der Waals surface area (Å²) in [6.45, 7) is 7.45. The fraction of sp³-hybridized carbons (Fsp3) is 0.571. The van der Waals surface area contributed by atoms with E-state index in [1.165, 1.54) is 0 Å². The molecule has 1 aromatic rings. The molecule has 29 heavy (non-hydrogen) atoms. The third-order valence-electron chi connectivity index (χ3n) is 5.95. The van der Waals surface area contributed by atoms with Crippen LogP contribution in [0.4, 0.5) is 16.2 Å². The van der Waals surface area contributed by atoms with Gasteiger partial charge in [-0.15, -0.1) is 11.3 Å². The molecular weight excluding hydrogens is 370 g/mol. The second-order valence-corrected chi connectivity index (χ2v) is 8.08. The van der Waals surface area contributed by atoms with Gasteiger partial charge >= 0.3 is 6.09 Å². The highest BCUT2D eigenvalue weighted by Crippen LogP contribution is 2.32. The van der Waals surface area contributed by atoms with Gasteiger partial charge in [0.15, 0.2) is 6.61 Å². The number of carbonyl (C=O) groups is 1. The first-order valence-corrected chi connectivity index (χ1v) is 10.0. The lowest BCUT2D eigenvalue weighted by Crippen LogP contribution is -2.53. The first-order chi connectivity index (χ1) is 13.9. The summed E-state index contributed by atoms with van der Waals surface area (Å²) in [5, 5.41) is 6.36. The summed E-state index contributed by atoms with van der Waals surface area (Å²) >= 11 is 0. The number of hydrogen-bond acceptors (Lipinski definition) is 6. The smallest absolute Gasteiger partial charge is 0.410 e. The Labute approximate surface area is 171 Å². The Morgan fingerprint density at radius 2 is 2.10 bits per heavy atom. The summed E-state index contributed by atoms with van der Waals surface area (Å²) in [6, 6.07) is 6.23. The van der Waals surface area contributed by atoms with E-state index < -0.39 is 0 Å². The van der Waals surface area contributed by atoms with Crippen molar-refractivity contribution in [1.29, 1.82) is 0 Å². The Bertz CT molecular complexity index is 785. The molecule has 1 aromatic carbocycles. The van der Waals surface area contributed by atoms with Crippen LogP contribution in [0.25, 0.3) is 0 Å². The number of rotatable bonds is 6. The second kappa shape index (κ2) is 9.14. The van der Waals surface area contributed by atoms with Gasteiger partial charge in [-0.25, -0.2) is 10.2 Å². The maximum atomic E-state index is 12.1. The summed E-state index contributed by atoms with van der Waals surface area (Å²) in [7, 11) is 0. The average molecular weight is 399 g/mol. The summed E-state index contributed by atoms with van der Waals surface area (Å²) in [4.78, 5) is 27.0. The van der Waals surface area contributed by atoms with E-state index >= 15 is 0 Å². The second-order valence-electron chi connectivity index (χ2n) is 8.08. The molecule has 156 valence electrons. The van der Waals surface area contributed by atoms with Crippen molar-refractivity contribution < 1.29 is 9.53 Å². The minimum absolute atomic E-state index is 0.0125. The molecule has 1 amide bonds. The number of anilines is 2. The molecule has 0 aliphatic carbocycles. The summed E-state index contributed by atoms with van der Waals surface area (Å²) in [5.74, 6) is 2.33. The van der Waals surface area contributed by atoms with E-state index in [4.69, 9.17) is 11.2 Å². The normalized spacial score (nSPS) is 22.7. The van der Waals surface area contributed by atoms with Gasteiger partial charge in [0.05, 0.1) is 16.7 Å². The van der Waals surface area contributed by atoms with E-state index in [0.29, 0.717) is 24.8 Å². The Balaban J connectivity index is 1.54. The monoisotopic (exact) mass is 399 g/mol. The summed E-state index contributed by atoms with van der Waals surface area (Å²) in [6.07, 6.45) is 7.73. The van der Waals surface area contributed by atoms with Gasteiger partial charge in [-0.3, -0.25) is 4.90 Å². The van der Waals surface area contributed by atoms with Crippen LogP contribution in [0.5, 0.6) is 0 Å². The number of likely N-dealkylation sites (tertiary alicyclic amines) is 2. The van der Waals surface area contributed by atoms with Crippen molar-refractivity contribution in [3.8, 4) is 12.3 Å². The number of nitroso groups, excluding NO2 is 1. The van der Waals surface area contributed by atoms with Crippen LogP contribution in [0.3, 0.4) is 0 Å². The predicted molar refractivity (Wildman–Crippen MR) is 114 cm³/mol. The van der Waals surface area contributed by atoms with E-state index in [1.807, 2.05) is 25.1 Å². The first-order valence-electron chi connectivity index (χ1n) is 10.0. The molecule has 3 rings (SSSR count). The number of ether oxygens (including phenoxy) is 1. The molecule has 1 atom stereocenters. The van der Waals surface area contributed by atoms with Crippen molar-refractivity contribution in [2.75, 3.05) is 43.5 Å². The van der Waals surface area contributed by atoms with E-state index in [2.05, 4.69) is 33.8 Å². The molecule has 2 saturated heterocycles. The Kier molecular flexibility index (Phi) is 6.60. The van der Waals surface area contributed by atoms with Crippen molar-refractivity contribution in [2.45, 2.75) is 44.7 Å². The van der Waals surface area contributed by atoms with Gasteiger partial charge < -0.3 is 15.0 Å². The largest absolute Gasteiger partial charge is 0.436 e. The summed E-state index contributed by atoms with van der Waals surface area (Å²) in [5.41, 5.74) is 5.15. The highest BCUT2D eigenvalue weighted by atomic mass is 16.6. The van der Waals surface area contributed by atoms with Gasteiger partial charge in [-0.05, 0) is 50.8 Å². The van der Waals surface area contributed by atoms with E-state index in [1.54, 1.807) is 4.90 Å². The highest BCUT2D eigenvalue weighted by Gasteiger charge is 2.42. The van der Waals surface area contributed by atoms with Crippen LogP contribution in [0.15, 0.2) is 23.5 Å². The van der Waals surface area contributed by atoms with Crippen molar-refractivity contribution in [2.24, 2.45) is 5.29 Å². The number of nitrogens with zero attached hydrogens (tertiary/aromatic N) is 3. The SMILES string of the molecule is C#CCOC(=O)N1CCC(C)(N2CCC(Nc3ccc(C)cc3NN=O)CC2)C1. The Morgan fingerprint density at radius 3 is 2.79 bits per heavy atom. The molecule has 2 heterocycles. The number of hydrogen-bond donors (Lipinski definition) is 2. The molecule has 0 bridgehead atoms. The molecule has 1 unspecified atom stereocenters. The van der Waals surface area contributed by atoms with Crippen molar-refractivity contribution in [1.82, 2.24) is 9.80 Å². The van der Waals surface area contributed by atoms with Gasteiger partial charge in [0, 0.05) is 37.8 Å². The lowest BCUT2D eigenvalue weighted by molar-refractivity contribution is 0.0755. The molecular formula is C21H29N5O3. The molecule has 0 radical (unpaired) electrons. The molecule has 0 aromatic heterocycles. The average Bonchev–Trinajstić information content (AvgIpc) is 3.12. The molecule has 0 spiro atoms. The van der Waals surface area contributed by atoms with E-state index in [0.717, 1.165) is 43.6 Å². The molecule has 8 nitrogen and oxygen atoms in total. The molecule has 2 N–H and O–H groups in total. The topological polar surface area (TPSA) is 86.3 Å². The molecule has 2 aliphatic heterocycles. The lowest BCUT2D eigenvalue weighted by atomic mass is 9.93. The fourth-order valence-electron chi connectivity index (χ4n) is 4.26. The van der Waals surface area contributed by atoms with Crippen LogP contribution in [-0.2, 0) is 4.74 Å². The maximum Gasteiger partial charge on any atom is 0.410 e. The quantitative estimate of drug-likeness (QED) is 0.434. The standard InChI is InChI=1S/C21H29N5O3/c1-4-13-29-20(27)25-12-9-21(3,15-25)26-10-7-17(8-11-26)22-18-6-5-16(2)14-19(18)23-24-28/h1,5-6,14,17,22H,7-13,15H2,2-3H3,(H,23,28). The zero-order chi connectivity index (χ0) is 20.9. The van der Waals surface area contributed by atoms with Crippen molar-refractivity contribution in [3.05, 3.63) is 28.7 Å². The van der Waals surface area contributed by atoms with E-state index in [-0.39, 0.29) is 18.2 Å². The number of nitrogens with one attached hydrogen (secondary N) is 2. The van der Waals surface area contributed by atoms with Crippen LogP contribution in [0.2, 0.25) is 0 Å². The number of aryl methyl sites for hydroxylation is 1. The summed E-state index contributed by atoms with van der Waals surface area (Å²) < 4.78 is 5.07. The van der Waals surface area contributed by atoms with Gasteiger partial charge in [0.2, 0.25) is 0 Å². The number of benzene rings is 1. The third-order valence-corrected chi connectivity index (χ3v) is 5.95. The van der Waals surface area contributed by atoms with Crippen molar-refractivity contribution >= 4 is 17.5 Å². The van der Waals surface area contributed by atoms with Gasteiger partial charge in [-0.2, -0.15) is 0 Å². The fourth-order valence-corrected chi connectivity index (χ4v) is 4.26. The van der Waals surface area contributed by atoms with Crippen LogP contribution in [-0.4, -0.2) is 60.3 Å². The van der Waals surface area contributed by atoms with Crippen LogP contribution >= 0.6 is 0 Å². The van der Waals surface area contributed by atoms with Gasteiger partial charge in [0.1, 0.15) is 0 Å². The molecule has 8 heteroatoms. The number of amides is 1. The minimum Gasteiger partial charge on any atom is -0.436 e. The van der Waals surface area contributed by atoms with Crippen LogP contribution in [0, 0.1) is 24.2 Å². The van der Waals surface area contributed by atoms with Crippen LogP contribution in [0.1, 0.15) is 31.7 Å². The third kappa shape index (κ3) is 4.98. The van der Waals surface area contributed by atoms with Gasteiger partial charge in [0.25, 0.3) is 0 Å². The van der Waals surface area contributed by atoms with E-state index in [9.17, 15) is 9.70 Å². The first kappa shape index (κ1) is 20.9. The Hall–Kier alpha value is -2.79. The number of carbonyl (C=O) groups excluding carboxylic acids is 1. The lowest BCUT2D eigenvalue weighted by Gasteiger charge is -2.43. The zero-order valence-corrected chi connectivity index (χ0v) is 17.1. The van der Waals surface area contributed by atoms with Gasteiger partial charge in [-0.1, -0.05) is 12.0 Å². The Morgan fingerprint density at radius 1 is 1.34 bits per heavy atom. The number of piperidine rings is 1. The molecule has 0 saturated carbocycles. The highest BCUT2D eigenvalue weighted by molar-refractivity contribution is 5.70. The number of terminal acetylenes is 1. The maximum absolute atomic E-state index is 12.1.